The number of nitrogens with zero attached hydrogens (tertiary/aromatic N) is 2. The highest BCUT2D eigenvalue weighted by Gasteiger charge is 2.02. The van der Waals surface area contributed by atoms with Gasteiger partial charge in [0.25, 0.3) is 0 Å². The van der Waals surface area contributed by atoms with Crippen LogP contribution in [0.4, 0.5) is 11.5 Å². The minimum absolute atomic E-state index is 0.0921. The number of ether oxygens (including phenoxy) is 1. The Morgan fingerprint density at radius 3 is 2.78 bits per heavy atom. The van der Waals surface area contributed by atoms with Gasteiger partial charge >= 0.3 is 0 Å². The number of pyridine rings is 1. The summed E-state index contributed by atoms with van der Waals surface area (Å²) in [7, 11) is 5.46. The second kappa shape index (κ2) is 7.62. The predicted octanol–water partition coefficient (Wildman–Crippen LogP) is 0.322. The number of methoxy groups -OCH3 is 1. The van der Waals surface area contributed by atoms with Crippen molar-refractivity contribution in [1.82, 2.24) is 10.3 Å². The Kier molecular flexibility index (Phi) is 6.10. The fourth-order valence-electron chi connectivity index (χ4n) is 1.31. The van der Waals surface area contributed by atoms with Gasteiger partial charge in [-0.25, -0.2) is 4.98 Å². The maximum atomic E-state index is 11.5. The molecule has 0 unspecified atom stereocenters. The van der Waals surface area contributed by atoms with Crippen molar-refractivity contribution >= 4 is 17.4 Å². The van der Waals surface area contributed by atoms with Gasteiger partial charge in [-0.2, -0.15) is 0 Å². The molecule has 0 saturated heterocycles. The van der Waals surface area contributed by atoms with Crippen molar-refractivity contribution in [2.45, 2.75) is 0 Å². The maximum Gasteiger partial charge on any atom is 0.238 e. The molecule has 1 aromatic heterocycles. The van der Waals surface area contributed by atoms with Gasteiger partial charge in [0.05, 0.1) is 25.0 Å². The van der Waals surface area contributed by atoms with Gasteiger partial charge in [0, 0.05) is 27.7 Å². The Bertz CT molecular complexity index is 365. The lowest BCUT2D eigenvalue weighted by atomic mass is 10.4. The molecular formula is C12H20N4O2. The number of hydrogen-bond donors (Lipinski definition) is 2. The molecule has 1 amide bonds. The summed E-state index contributed by atoms with van der Waals surface area (Å²) in [5.74, 6) is 0.761. The van der Waals surface area contributed by atoms with Gasteiger partial charge in [-0.1, -0.05) is 0 Å². The van der Waals surface area contributed by atoms with Crippen LogP contribution in [0, 0.1) is 0 Å². The van der Waals surface area contributed by atoms with E-state index in [-0.39, 0.29) is 12.5 Å². The lowest BCUT2D eigenvalue weighted by Gasteiger charge is -2.11. The topological polar surface area (TPSA) is 66.5 Å². The zero-order chi connectivity index (χ0) is 13.4. The van der Waals surface area contributed by atoms with Crippen LogP contribution in [-0.4, -0.2) is 51.8 Å². The number of carbonyl (C=O) groups is 1. The summed E-state index contributed by atoms with van der Waals surface area (Å²) in [6.45, 7) is 1.51. The molecule has 100 valence electrons. The molecular weight excluding hydrogens is 232 g/mol. The smallest absolute Gasteiger partial charge is 0.238 e. The fourth-order valence-corrected chi connectivity index (χ4v) is 1.31. The molecule has 0 aromatic carbocycles. The van der Waals surface area contributed by atoms with Crippen LogP contribution in [0.5, 0.6) is 0 Å². The normalized spacial score (nSPS) is 10.2. The molecule has 0 atom stereocenters. The monoisotopic (exact) mass is 252 g/mol. The summed E-state index contributed by atoms with van der Waals surface area (Å²) in [4.78, 5) is 17.7. The summed E-state index contributed by atoms with van der Waals surface area (Å²) in [6.07, 6.45) is 1.64. The van der Waals surface area contributed by atoms with E-state index in [1.54, 1.807) is 13.3 Å². The van der Waals surface area contributed by atoms with Crippen molar-refractivity contribution in [3.8, 4) is 0 Å². The Morgan fingerprint density at radius 2 is 2.22 bits per heavy atom. The number of anilines is 2. The Labute approximate surface area is 107 Å². The third-order valence-electron chi connectivity index (χ3n) is 2.26. The van der Waals surface area contributed by atoms with Crippen LogP contribution in [0.25, 0.3) is 0 Å². The molecule has 18 heavy (non-hydrogen) atoms. The molecule has 0 aliphatic rings. The van der Waals surface area contributed by atoms with E-state index in [1.165, 1.54) is 0 Å². The molecule has 0 spiro atoms. The summed E-state index contributed by atoms with van der Waals surface area (Å²) >= 11 is 0. The molecule has 0 aliphatic carbocycles. The van der Waals surface area contributed by atoms with Gasteiger partial charge in [0.15, 0.2) is 0 Å². The van der Waals surface area contributed by atoms with Gasteiger partial charge in [-0.05, 0) is 12.1 Å². The first kappa shape index (κ1) is 14.4. The summed E-state index contributed by atoms with van der Waals surface area (Å²) in [5, 5.41) is 5.73. The fraction of sp³-hybridized carbons (Fsp3) is 0.500. The highest BCUT2D eigenvalue weighted by molar-refractivity contribution is 5.92. The maximum absolute atomic E-state index is 11.5. The molecule has 6 heteroatoms. The minimum atomic E-state index is -0.0921. The lowest BCUT2D eigenvalue weighted by molar-refractivity contribution is -0.115. The molecule has 0 saturated carbocycles. The minimum Gasteiger partial charge on any atom is -0.383 e. The Morgan fingerprint density at radius 1 is 1.44 bits per heavy atom. The SMILES string of the molecule is COCCNCC(=O)Nc1ccc(N(C)C)nc1. The second-order valence-electron chi connectivity index (χ2n) is 4.02. The van der Waals surface area contributed by atoms with Crippen molar-refractivity contribution in [3.63, 3.8) is 0 Å². The molecule has 1 rings (SSSR count). The number of hydrogen-bond acceptors (Lipinski definition) is 5. The highest BCUT2D eigenvalue weighted by atomic mass is 16.5. The molecule has 0 radical (unpaired) electrons. The summed E-state index contributed by atoms with van der Waals surface area (Å²) < 4.78 is 4.87. The van der Waals surface area contributed by atoms with E-state index in [9.17, 15) is 4.79 Å². The first-order valence-electron chi connectivity index (χ1n) is 5.76. The zero-order valence-corrected chi connectivity index (χ0v) is 11.1. The number of aromatic nitrogens is 1. The predicted molar refractivity (Wildman–Crippen MR) is 71.9 cm³/mol. The van der Waals surface area contributed by atoms with Crippen molar-refractivity contribution in [2.24, 2.45) is 0 Å². The highest BCUT2D eigenvalue weighted by Crippen LogP contribution is 2.11. The molecule has 2 N–H and O–H groups in total. The van der Waals surface area contributed by atoms with Crippen molar-refractivity contribution < 1.29 is 9.53 Å². The van der Waals surface area contributed by atoms with Crippen LogP contribution in [0.3, 0.4) is 0 Å². The Balaban J connectivity index is 2.35. The van der Waals surface area contributed by atoms with Crippen LogP contribution >= 0.6 is 0 Å². The van der Waals surface area contributed by atoms with E-state index in [0.29, 0.717) is 18.8 Å². The second-order valence-corrected chi connectivity index (χ2v) is 4.02. The van der Waals surface area contributed by atoms with Gasteiger partial charge in [0.1, 0.15) is 5.82 Å². The number of carbonyl (C=O) groups excluding carboxylic acids is 1. The lowest BCUT2D eigenvalue weighted by Crippen LogP contribution is -2.30. The van der Waals surface area contributed by atoms with E-state index in [4.69, 9.17) is 4.74 Å². The molecule has 0 aliphatic heterocycles. The number of rotatable bonds is 7. The third-order valence-corrected chi connectivity index (χ3v) is 2.26. The first-order chi connectivity index (χ1) is 8.63. The van der Waals surface area contributed by atoms with E-state index < -0.39 is 0 Å². The van der Waals surface area contributed by atoms with E-state index in [1.807, 2.05) is 31.1 Å². The molecule has 0 bridgehead atoms. The number of amides is 1. The first-order valence-corrected chi connectivity index (χ1v) is 5.76. The standard InChI is InChI=1S/C12H20N4O2/c1-16(2)11-5-4-10(8-14-11)15-12(17)9-13-6-7-18-3/h4-5,8,13H,6-7,9H2,1-3H3,(H,15,17). The van der Waals surface area contributed by atoms with Crippen LogP contribution in [-0.2, 0) is 9.53 Å². The molecule has 6 nitrogen and oxygen atoms in total. The quantitative estimate of drug-likeness (QED) is 0.684. The third kappa shape index (κ3) is 5.11. The van der Waals surface area contributed by atoms with Crippen LogP contribution < -0.4 is 15.5 Å². The van der Waals surface area contributed by atoms with Crippen LogP contribution in [0.1, 0.15) is 0 Å². The average Bonchev–Trinajstić information content (AvgIpc) is 2.35. The van der Waals surface area contributed by atoms with Crippen molar-refractivity contribution in [2.75, 3.05) is 51.1 Å². The van der Waals surface area contributed by atoms with Crippen molar-refractivity contribution in [1.29, 1.82) is 0 Å². The average molecular weight is 252 g/mol. The molecule has 1 aromatic rings. The summed E-state index contributed by atoms with van der Waals surface area (Å²) in [6, 6.07) is 3.68. The molecule has 1 heterocycles. The van der Waals surface area contributed by atoms with Crippen LogP contribution in [0.2, 0.25) is 0 Å². The summed E-state index contributed by atoms with van der Waals surface area (Å²) in [5.41, 5.74) is 0.694. The van der Waals surface area contributed by atoms with E-state index in [0.717, 1.165) is 5.82 Å². The largest absolute Gasteiger partial charge is 0.383 e. The van der Waals surface area contributed by atoms with Crippen LogP contribution in [0.15, 0.2) is 18.3 Å². The van der Waals surface area contributed by atoms with Gasteiger partial charge < -0.3 is 20.3 Å². The van der Waals surface area contributed by atoms with Gasteiger partial charge in [-0.15, -0.1) is 0 Å². The van der Waals surface area contributed by atoms with Gasteiger partial charge in [0.2, 0.25) is 5.91 Å². The number of nitrogens with one attached hydrogen (secondary N) is 2. The van der Waals surface area contributed by atoms with E-state index >= 15 is 0 Å². The molecule has 0 fully saturated rings. The van der Waals surface area contributed by atoms with Gasteiger partial charge in [-0.3, -0.25) is 4.79 Å². The van der Waals surface area contributed by atoms with Crippen molar-refractivity contribution in [3.05, 3.63) is 18.3 Å². The zero-order valence-electron chi connectivity index (χ0n) is 11.1. The van der Waals surface area contributed by atoms with E-state index in [2.05, 4.69) is 15.6 Å². The Hall–Kier alpha value is -1.66.